The van der Waals surface area contributed by atoms with Crippen LogP contribution in [0.2, 0.25) is 0 Å². The molecule has 0 radical (unpaired) electrons. The minimum Gasteiger partial charge on any atom is -0.432 e. The number of nitrogens with zero attached hydrogens (tertiary/aromatic N) is 3. The van der Waals surface area contributed by atoms with Crippen molar-refractivity contribution in [2.24, 2.45) is 4.99 Å². The lowest BCUT2D eigenvalue weighted by Gasteiger charge is -2.10. The highest BCUT2D eigenvalue weighted by Crippen LogP contribution is 2.27. The van der Waals surface area contributed by atoms with Gasteiger partial charge in [-0.3, -0.25) is 14.6 Å². The Labute approximate surface area is 144 Å². The third kappa shape index (κ3) is 3.71. The Morgan fingerprint density at radius 2 is 1.96 bits per heavy atom. The van der Waals surface area contributed by atoms with Crippen molar-refractivity contribution >= 4 is 17.3 Å². The highest BCUT2D eigenvalue weighted by molar-refractivity contribution is 6.51. The van der Waals surface area contributed by atoms with Gasteiger partial charge in [-0.2, -0.15) is 0 Å². The Morgan fingerprint density at radius 3 is 2.64 bits per heavy atom. The van der Waals surface area contributed by atoms with Crippen molar-refractivity contribution in [3.05, 3.63) is 41.5 Å². The van der Waals surface area contributed by atoms with E-state index in [1.807, 2.05) is 19.0 Å². The molecule has 1 aromatic heterocycles. The first kappa shape index (κ1) is 17.2. The summed E-state index contributed by atoms with van der Waals surface area (Å²) in [6.07, 6.45) is 0.727. The maximum Gasteiger partial charge on any atom is 0.244 e. The van der Waals surface area contributed by atoms with Crippen LogP contribution in [0.3, 0.4) is 0 Å². The van der Waals surface area contributed by atoms with Crippen molar-refractivity contribution in [2.75, 3.05) is 27.2 Å². The number of oxazole rings is 1. The lowest BCUT2D eigenvalue weighted by molar-refractivity contribution is 0.0949. The quantitative estimate of drug-likeness (QED) is 0.780. The van der Waals surface area contributed by atoms with Crippen molar-refractivity contribution in [3.8, 4) is 11.5 Å². The number of benzene rings is 1. The van der Waals surface area contributed by atoms with Crippen LogP contribution in [0.5, 0.6) is 0 Å². The van der Waals surface area contributed by atoms with Crippen LogP contribution in [0.4, 0.5) is 4.39 Å². The Kier molecular flexibility index (Phi) is 4.85. The Balaban J connectivity index is 1.83. The first-order valence-corrected chi connectivity index (χ1v) is 7.98. The zero-order valence-electron chi connectivity index (χ0n) is 14.1. The van der Waals surface area contributed by atoms with Crippen molar-refractivity contribution in [2.45, 2.75) is 12.8 Å². The third-order valence-electron chi connectivity index (χ3n) is 3.84. The molecule has 0 unspecified atom stereocenters. The van der Waals surface area contributed by atoms with Crippen LogP contribution in [0.15, 0.2) is 33.7 Å². The van der Waals surface area contributed by atoms with Gasteiger partial charge in [0.1, 0.15) is 5.82 Å². The number of carbonyl (C=O) groups is 2. The summed E-state index contributed by atoms with van der Waals surface area (Å²) >= 11 is 0. The van der Waals surface area contributed by atoms with Crippen LogP contribution in [0.25, 0.3) is 11.5 Å². The smallest absolute Gasteiger partial charge is 0.244 e. The van der Waals surface area contributed by atoms with Gasteiger partial charge < -0.3 is 9.32 Å². The SMILES string of the molecule is CN(C)CCCN=C1CC(=O)c2nc(-c3ccc(F)cc3)oc2C1=O. The molecule has 130 valence electrons. The molecule has 0 spiro atoms. The molecular weight excluding hydrogens is 325 g/mol. The average molecular weight is 343 g/mol. The van der Waals surface area contributed by atoms with Gasteiger partial charge in [0, 0.05) is 12.1 Å². The Hall–Kier alpha value is -2.67. The van der Waals surface area contributed by atoms with E-state index in [0.29, 0.717) is 12.1 Å². The topological polar surface area (TPSA) is 75.8 Å². The van der Waals surface area contributed by atoms with E-state index in [1.165, 1.54) is 24.3 Å². The number of rotatable bonds is 5. The highest BCUT2D eigenvalue weighted by atomic mass is 19.1. The molecule has 0 aliphatic heterocycles. The number of carbonyl (C=O) groups excluding carboxylic acids is 2. The van der Waals surface area contributed by atoms with E-state index in [2.05, 4.69) is 9.98 Å². The van der Waals surface area contributed by atoms with Crippen molar-refractivity contribution in [1.29, 1.82) is 0 Å². The van der Waals surface area contributed by atoms with Crippen molar-refractivity contribution in [3.63, 3.8) is 0 Å². The fourth-order valence-electron chi connectivity index (χ4n) is 2.55. The Bertz CT molecular complexity index is 838. The highest BCUT2D eigenvalue weighted by Gasteiger charge is 2.35. The fraction of sp³-hybridized carbons (Fsp3) is 0.333. The Morgan fingerprint density at radius 1 is 1.24 bits per heavy atom. The summed E-state index contributed by atoms with van der Waals surface area (Å²) in [5.74, 6) is -1.04. The molecule has 7 heteroatoms. The summed E-state index contributed by atoms with van der Waals surface area (Å²) in [7, 11) is 3.92. The predicted octanol–water partition coefficient (Wildman–Crippen LogP) is 2.64. The molecule has 1 aliphatic carbocycles. The van der Waals surface area contributed by atoms with Crippen LogP contribution in [0, 0.1) is 5.82 Å². The van der Waals surface area contributed by atoms with Gasteiger partial charge in [0.25, 0.3) is 0 Å². The largest absolute Gasteiger partial charge is 0.432 e. The van der Waals surface area contributed by atoms with E-state index in [9.17, 15) is 14.0 Å². The van der Waals surface area contributed by atoms with Gasteiger partial charge in [-0.25, -0.2) is 9.37 Å². The second-order valence-electron chi connectivity index (χ2n) is 6.12. The number of Topliss-reactive ketones (excluding diaryl/α,β-unsaturated/α-hetero) is 2. The summed E-state index contributed by atoms with van der Waals surface area (Å²) in [5, 5.41) is 0. The van der Waals surface area contributed by atoms with E-state index in [-0.39, 0.29) is 41.1 Å². The molecule has 1 aliphatic rings. The summed E-state index contributed by atoms with van der Waals surface area (Å²) < 4.78 is 18.5. The molecule has 3 rings (SSSR count). The summed E-state index contributed by atoms with van der Waals surface area (Å²) in [4.78, 5) is 35.2. The normalized spacial score (nSPS) is 15.9. The number of hydrogen-bond acceptors (Lipinski definition) is 6. The number of fused-ring (bicyclic) bond motifs is 1. The number of hydrogen-bond donors (Lipinski definition) is 0. The van der Waals surface area contributed by atoms with E-state index in [0.717, 1.165) is 13.0 Å². The number of halogens is 1. The average Bonchev–Trinajstić information content (AvgIpc) is 3.02. The molecule has 0 saturated carbocycles. The molecule has 0 fully saturated rings. The monoisotopic (exact) mass is 343 g/mol. The maximum atomic E-state index is 13.0. The zero-order chi connectivity index (χ0) is 18.0. The summed E-state index contributed by atoms with van der Waals surface area (Å²) in [5.41, 5.74) is 0.732. The van der Waals surface area contributed by atoms with Crippen LogP contribution in [0.1, 0.15) is 33.9 Å². The fourth-order valence-corrected chi connectivity index (χ4v) is 2.55. The molecule has 0 saturated heterocycles. The zero-order valence-corrected chi connectivity index (χ0v) is 14.1. The van der Waals surface area contributed by atoms with Crippen molar-refractivity contribution in [1.82, 2.24) is 9.88 Å². The van der Waals surface area contributed by atoms with Gasteiger partial charge in [0.2, 0.25) is 17.4 Å². The molecular formula is C18H18FN3O3. The maximum absolute atomic E-state index is 13.0. The van der Waals surface area contributed by atoms with Gasteiger partial charge in [-0.05, 0) is 51.3 Å². The van der Waals surface area contributed by atoms with Crippen LogP contribution >= 0.6 is 0 Å². The van der Waals surface area contributed by atoms with Crippen LogP contribution in [-0.2, 0) is 0 Å². The first-order chi connectivity index (χ1) is 12.0. The molecule has 0 bridgehead atoms. The number of aromatic nitrogens is 1. The van der Waals surface area contributed by atoms with E-state index in [1.54, 1.807) is 0 Å². The second kappa shape index (κ2) is 7.06. The minimum atomic E-state index is -0.402. The molecule has 2 aromatic rings. The standard InChI is InChI=1S/C18H18FN3O3/c1-22(2)9-3-8-20-13-10-14(23)15-17(16(13)24)25-18(21-15)11-4-6-12(19)7-5-11/h4-7H,3,8-10H2,1-2H3. The van der Waals surface area contributed by atoms with Gasteiger partial charge in [0.05, 0.1) is 12.1 Å². The minimum absolute atomic E-state index is 0.0246. The molecule has 1 heterocycles. The third-order valence-corrected chi connectivity index (χ3v) is 3.84. The van der Waals surface area contributed by atoms with Crippen LogP contribution < -0.4 is 0 Å². The van der Waals surface area contributed by atoms with Gasteiger partial charge >= 0.3 is 0 Å². The molecule has 0 amide bonds. The van der Waals surface area contributed by atoms with Crippen molar-refractivity contribution < 1.29 is 18.4 Å². The van der Waals surface area contributed by atoms with E-state index < -0.39 is 5.78 Å². The summed E-state index contributed by atoms with van der Waals surface area (Å²) in [6, 6.07) is 5.50. The summed E-state index contributed by atoms with van der Waals surface area (Å²) in [6.45, 7) is 1.32. The van der Waals surface area contributed by atoms with E-state index >= 15 is 0 Å². The molecule has 6 nitrogen and oxygen atoms in total. The molecule has 0 N–H and O–H groups in total. The lowest BCUT2D eigenvalue weighted by Crippen LogP contribution is -2.27. The molecule has 25 heavy (non-hydrogen) atoms. The number of ketones is 2. The van der Waals surface area contributed by atoms with E-state index in [4.69, 9.17) is 4.42 Å². The molecule has 0 atom stereocenters. The lowest BCUT2D eigenvalue weighted by atomic mass is 9.97. The van der Waals surface area contributed by atoms with Gasteiger partial charge in [-0.1, -0.05) is 0 Å². The van der Waals surface area contributed by atoms with Gasteiger partial charge in [0.15, 0.2) is 11.5 Å². The first-order valence-electron chi connectivity index (χ1n) is 7.98. The predicted molar refractivity (Wildman–Crippen MR) is 90.6 cm³/mol. The van der Waals surface area contributed by atoms with Gasteiger partial charge in [-0.15, -0.1) is 0 Å². The molecule has 1 aromatic carbocycles. The second-order valence-corrected chi connectivity index (χ2v) is 6.12. The number of aliphatic imine (C=N–C) groups is 1. The van der Waals surface area contributed by atoms with Crippen LogP contribution in [-0.4, -0.2) is 54.3 Å².